The SMILES string of the molecule is O=C1NC(=S)NC(=O)C1=Cc1cn(Cc2c(Cl)cccc2Cl)c2ccccc12. The van der Waals surface area contributed by atoms with Gasteiger partial charge in [0, 0.05) is 38.3 Å². The molecule has 0 aliphatic carbocycles. The normalized spacial score (nSPS) is 14.2. The Hall–Kier alpha value is -2.67. The lowest BCUT2D eigenvalue weighted by molar-refractivity contribution is -0.123. The molecule has 2 heterocycles. The molecule has 0 saturated carbocycles. The number of carbonyl (C=O) groups excluding carboxylic acids is 2. The van der Waals surface area contributed by atoms with Crippen molar-refractivity contribution < 1.29 is 9.59 Å². The summed E-state index contributed by atoms with van der Waals surface area (Å²) in [6.45, 7) is 0.449. The summed E-state index contributed by atoms with van der Waals surface area (Å²) in [4.78, 5) is 24.3. The molecule has 8 heteroatoms. The lowest BCUT2D eigenvalue weighted by Crippen LogP contribution is -2.51. The molecule has 1 aromatic heterocycles. The molecule has 2 aromatic carbocycles. The first-order chi connectivity index (χ1) is 13.4. The number of carbonyl (C=O) groups is 2. The van der Waals surface area contributed by atoms with Crippen LogP contribution in [0.25, 0.3) is 17.0 Å². The van der Waals surface area contributed by atoms with Crippen molar-refractivity contribution in [2.75, 3.05) is 0 Å². The number of rotatable bonds is 3. The summed E-state index contributed by atoms with van der Waals surface area (Å²) in [5, 5.41) is 6.93. The van der Waals surface area contributed by atoms with Crippen LogP contribution in [0.15, 0.2) is 54.2 Å². The van der Waals surface area contributed by atoms with Gasteiger partial charge in [-0.05, 0) is 36.5 Å². The average Bonchev–Trinajstić information content (AvgIpc) is 2.99. The molecular formula is C20H13Cl2N3O2S. The van der Waals surface area contributed by atoms with Crippen LogP contribution < -0.4 is 10.6 Å². The maximum Gasteiger partial charge on any atom is 0.263 e. The van der Waals surface area contributed by atoms with Crippen molar-refractivity contribution in [1.82, 2.24) is 15.2 Å². The van der Waals surface area contributed by atoms with E-state index < -0.39 is 11.8 Å². The molecule has 0 atom stereocenters. The molecule has 140 valence electrons. The maximum absolute atomic E-state index is 12.2. The minimum Gasteiger partial charge on any atom is -0.342 e. The second-order valence-corrected chi connectivity index (χ2v) is 7.45. The van der Waals surface area contributed by atoms with E-state index in [9.17, 15) is 9.59 Å². The fourth-order valence-electron chi connectivity index (χ4n) is 3.14. The topological polar surface area (TPSA) is 63.1 Å². The summed E-state index contributed by atoms with van der Waals surface area (Å²) in [6.07, 6.45) is 3.42. The number of fused-ring (bicyclic) bond motifs is 1. The van der Waals surface area contributed by atoms with Crippen molar-refractivity contribution in [2.24, 2.45) is 0 Å². The fraction of sp³-hybridized carbons (Fsp3) is 0.0500. The third-order valence-corrected chi connectivity index (χ3v) is 5.37. The lowest BCUT2D eigenvalue weighted by Gasteiger charge is -2.16. The van der Waals surface area contributed by atoms with Crippen molar-refractivity contribution in [3.05, 3.63) is 75.4 Å². The number of nitrogens with zero attached hydrogens (tertiary/aromatic N) is 1. The third-order valence-electron chi connectivity index (χ3n) is 4.45. The molecule has 1 fully saturated rings. The molecule has 5 nitrogen and oxygen atoms in total. The van der Waals surface area contributed by atoms with Gasteiger partial charge in [-0.2, -0.15) is 0 Å². The number of aromatic nitrogens is 1. The van der Waals surface area contributed by atoms with Gasteiger partial charge < -0.3 is 4.57 Å². The number of amides is 2. The number of hydrogen-bond donors (Lipinski definition) is 2. The molecule has 0 unspecified atom stereocenters. The Balaban J connectivity index is 1.81. The van der Waals surface area contributed by atoms with E-state index in [1.165, 1.54) is 0 Å². The highest BCUT2D eigenvalue weighted by molar-refractivity contribution is 7.80. The lowest BCUT2D eigenvalue weighted by atomic mass is 10.1. The number of halogens is 2. The van der Waals surface area contributed by atoms with Crippen molar-refractivity contribution in [2.45, 2.75) is 6.54 Å². The summed E-state index contributed by atoms with van der Waals surface area (Å²) < 4.78 is 1.98. The predicted molar refractivity (Wildman–Crippen MR) is 114 cm³/mol. The third kappa shape index (κ3) is 3.42. The van der Waals surface area contributed by atoms with Crippen LogP contribution in [0.3, 0.4) is 0 Å². The quantitative estimate of drug-likeness (QED) is 0.376. The molecule has 0 spiro atoms. The van der Waals surface area contributed by atoms with Crippen LogP contribution in [0.2, 0.25) is 10.0 Å². The first kappa shape index (κ1) is 18.7. The van der Waals surface area contributed by atoms with E-state index in [-0.39, 0.29) is 10.7 Å². The molecular weight excluding hydrogens is 417 g/mol. The van der Waals surface area contributed by atoms with E-state index in [0.29, 0.717) is 16.6 Å². The van der Waals surface area contributed by atoms with Gasteiger partial charge in [0.05, 0.1) is 6.54 Å². The van der Waals surface area contributed by atoms with Crippen molar-refractivity contribution in [3.8, 4) is 0 Å². The summed E-state index contributed by atoms with van der Waals surface area (Å²) in [6, 6.07) is 13.1. The summed E-state index contributed by atoms with van der Waals surface area (Å²) in [5.41, 5.74) is 2.45. The first-order valence-corrected chi connectivity index (χ1v) is 9.49. The largest absolute Gasteiger partial charge is 0.342 e. The molecule has 28 heavy (non-hydrogen) atoms. The zero-order chi connectivity index (χ0) is 19.8. The van der Waals surface area contributed by atoms with Crippen LogP contribution in [0.4, 0.5) is 0 Å². The van der Waals surface area contributed by atoms with E-state index in [1.807, 2.05) is 35.0 Å². The Bertz CT molecular complexity index is 1140. The van der Waals surface area contributed by atoms with Crippen LogP contribution in [0.1, 0.15) is 11.1 Å². The minimum absolute atomic E-state index is 0.00272. The Labute approximate surface area is 175 Å². The van der Waals surface area contributed by atoms with Gasteiger partial charge in [-0.3, -0.25) is 20.2 Å². The monoisotopic (exact) mass is 429 g/mol. The Kier molecular flexibility index (Phi) is 4.93. The van der Waals surface area contributed by atoms with Gasteiger partial charge >= 0.3 is 0 Å². The van der Waals surface area contributed by atoms with Crippen molar-refractivity contribution in [3.63, 3.8) is 0 Å². The summed E-state index contributed by atoms with van der Waals surface area (Å²) in [5.74, 6) is -1.06. The van der Waals surface area contributed by atoms with E-state index in [1.54, 1.807) is 24.3 Å². The molecule has 1 aliphatic rings. The van der Waals surface area contributed by atoms with Gasteiger partial charge in [-0.15, -0.1) is 0 Å². The zero-order valence-electron chi connectivity index (χ0n) is 14.3. The summed E-state index contributed by atoms with van der Waals surface area (Å²) >= 11 is 17.5. The second kappa shape index (κ2) is 7.39. The molecule has 2 amide bonds. The molecule has 1 saturated heterocycles. The standard InChI is InChI=1S/C20H13Cl2N3O2S/c21-15-5-3-6-16(22)14(15)10-25-9-11(12-4-1-2-7-17(12)25)8-13-18(26)23-20(28)24-19(13)27/h1-9H,10H2,(H2,23,24,26,27,28). The smallest absolute Gasteiger partial charge is 0.263 e. The van der Waals surface area contributed by atoms with Crippen molar-refractivity contribution in [1.29, 1.82) is 0 Å². The van der Waals surface area contributed by atoms with Gasteiger partial charge in [0.15, 0.2) is 5.11 Å². The van der Waals surface area contributed by atoms with E-state index in [4.69, 9.17) is 35.4 Å². The molecule has 1 aliphatic heterocycles. The van der Waals surface area contributed by atoms with Crippen molar-refractivity contribution >= 4 is 69.3 Å². The molecule has 4 rings (SSSR count). The van der Waals surface area contributed by atoms with Gasteiger partial charge in [-0.1, -0.05) is 47.5 Å². The first-order valence-electron chi connectivity index (χ1n) is 8.33. The number of nitrogens with one attached hydrogen (secondary N) is 2. The van der Waals surface area contributed by atoms with Gasteiger partial charge in [0.25, 0.3) is 11.8 Å². The highest BCUT2D eigenvalue weighted by Gasteiger charge is 2.26. The molecule has 0 radical (unpaired) electrons. The van der Waals surface area contributed by atoms with E-state index >= 15 is 0 Å². The molecule has 0 bridgehead atoms. The summed E-state index contributed by atoms with van der Waals surface area (Å²) in [7, 11) is 0. The molecule has 3 aromatic rings. The highest BCUT2D eigenvalue weighted by Crippen LogP contribution is 2.29. The number of benzene rings is 2. The Morgan fingerprint density at radius 3 is 2.29 bits per heavy atom. The van der Waals surface area contributed by atoms with Gasteiger partial charge in [0.2, 0.25) is 0 Å². The van der Waals surface area contributed by atoms with Gasteiger partial charge in [0.1, 0.15) is 5.57 Å². The van der Waals surface area contributed by atoms with E-state index in [0.717, 1.165) is 22.0 Å². The number of para-hydroxylation sites is 1. The minimum atomic E-state index is -0.528. The van der Waals surface area contributed by atoms with Crippen LogP contribution >= 0.6 is 35.4 Å². The van der Waals surface area contributed by atoms with Crippen LogP contribution in [-0.4, -0.2) is 21.5 Å². The average molecular weight is 430 g/mol. The second-order valence-electron chi connectivity index (χ2n) is 6.23. The van der Waals surface area contributed by atoms with E-state index in [2.05, 4.69) is 10.6 Å². The van der Waals surface area contributed by atoms with Gasteiger partial charge in [-0.25, -0.2) is 0 Å². The fourth-order valence-corrected chi connectivity index (χ4v) is 3.84. The number of hydrogen-bond acceptors (Lipinski definition) is 3. The van der Waals surface area contributed by atoms with Crippen LogP contribution in [0.5, 0.6) is 0 Å². The maximum atomic E-state index is 12.2. The highest BCUT2D eigenvalue weighted by atomic mass is 35.5. The molecule has 2 N–H and O–H groups in total. The zero-order valence-corrected chi connectivity index (χ0v) is 16.7. The van der Waals surface area contributed by atoms with Crippen LogP contribution in [0, 0.1) is 0 Å². The predicted octanol–water partition coefficient (Wildman–Crippen LogP) is 3.91. The Morgan fingerprint density at radius 1 is 0.964 bits per heavy atom. The number of thiocarbonyl (C=S) groups is 1. The Morgan fingerprint density at radius 2 is 1.61 bits per heavy atom. The van der Waals surface area contributed by atoms with Crippen LogP contribution in [-0.2, 0) is 16.1 Å².